The van der Waals surface area contributed by atoms with E-state index in [0.717, 1.165) is 11.3 Å². The van der Waals surface area contributed by atoms with E-state index in [4.69, 9.17) is 5.14 Å². The summed E-state index contributed by atoms with van der Waals surface area (Å²) in [6.07, 6.45) is 1.47. The van der Waals surface area contributed by atoms with Crippen LogP contribution in [0.25, 0.3) is 5.69 Å². The molecule has 0 radical (unpaired) electrons. The minimum absolute atomic E-state index is 0.00254. The molecule has 1 unspecified atom stereocenters. The third kappa shape index (κ3) is 4.18. The van der Waals surface area contributed by atoms with Crippen LogP contribution in [0.3, 0.4) is 0 Å². The summed E-state index contributed by atoms with van der Waals surface area (Å²) in [6, 6.07) is 10.9. The topological polar surface area (TPSA) is 133 Å². The monoisotopic (exact) mass is 386 g/mol. The number of nitrogens with zero attached hydrogens (tertiary/aromatic N) is 4. The number of rotatable bonds is 5. The summed E-state index contributed by atoms with van der Waals surface area (Å²) in [4.78, 5) is 12.6. The molecular weight excluding hydrogens is 368 g/mol. The lowest BCUT2D eigenvalue weighted by Crippen LogP contribution is -2.27. The smallest absolute Gasteiger partial charge is 0.251 e. The molecule has 2 aromatic carbocycles. The molecule has 1 aromatic heterocycles. The Morgan fingerprint density at radius 2 is 2.00 bits per heavy atom. The van der Waals surface area contributed by atoms with Crippen molar-refractivity contribution in [3.8, 4) is 5.69 Å². The highest BCUT2D eigenvalue weighted by molar-refractivity contribution is 7.89. The summed E-state index contributed by atoms with van der Waals surface area (Å²) in [5, 5.41) is 19.0. The van der Waals surface area contributed by atoms with Crippen LogP contribution in [0, 0.1) is 6.92 Å². The molecule has 27 heavy (non-hydrogen) atoms. The van der Waals surface area contributed by atoms with Gasteiger partial charge in [-0.05, 0) is 65.7 Å². The van der Waals surface area contributed by atoms with Gasteiger partial charge in [0, 0.05) is 5.56 Å². The Balaban J connectivity index is 1.78. The number of aryl methyl sites for hydroxylation is 1. The molecule has 3 rings (SSSR count). The molecule has 0 saturated heterocycles. The molecule has 1 atom stereocenters. The molecule has 10 heteroatoms. The SMILES string of the molecule is Cc1cc(C(=O)NC(C)c2cccc(S(N)(=O)=O)c2)ccc1-n1cnnn1. The first-order valence-electron chi connectivity index (χ1n) is 8.03. The Bertz CT molecular complexity index is 1080. The Morgan fingerprint density at radius 3 is 2.63 bits per heavy atom. The second kappa shape index (κ2) is 7.25. The minimum Gasteiger partial charge on any atom is -0.346 e. The van der Waals surface area contributed by atoms with Crippen LogP contribution < -0.4 is 10.5 Å². The Hall–Kier alpha value is -3.11. The normalized spacial score (nSPS) is 12.6. The van der Waals surface area contributed by atoms with Gasteiger partial charge in [0.05, 0.1) is 16.6 Å². The third-order valence-corrected chi connectivity index (χ3v) is 5.00. The molecule has 1 amide bonds. The van der Waals surface area contributed by atoms with Crippen molar-refractivity contribution in [2.24, 2.45) is 5.14 Å². The number of nitrogens with one attached hydrogen (secondary N) is 1. The van der Waals surface area contributed by atoms with Crippen LogP contribution >= 0.6 is 0 Å². The molecule has 0 fully saturated rings. The molecule has 0 aliphatic heterocycles. The average Bonchev–Trinajstić information content (AvgIpc) is 3.15. The van der Waals surface area contributed by atoms with Crippen molar-refractivity contribution >= 4 is 15.9 Å². The zero-order chi connectivity index (χ0) is 19.6. The van der Waals surface area contributed by atoms with Gasteiger partial charge in [-0.15, -0.1) is 5.10 Å². The third-order valence-electron chi connectivity index (χ3n) is 4.09. The van der Waals surface area contributed by atoms with Gasteiger partial charge in [0.2, 0.25) is 10.0 Å². The van der Waals surface area contributed by atoms with E-state index >= 15 is 0 Å². The Kier molecular flexibility index (Phi) is 5.02. The van der Waals surface area contributed by atoms with Crippen molar-refractivity contribution in [2.75, 3.05) is 0 Å². The van der Waals surface area contributed by atoms with E-state index in [0.29, 0.717) is 11.1 Å². The van der Waals surface area contributed by atoms with Crippen LogP contribution in [0.1, 0.15) is 34.5 Å². The van der Waals surface area contributed by atoms with Gasteiger partial charge in [-0.1, -0.05) is 12.1 Å². The van der Waals surface area contributed by atoms with Gasteiger partial charge >= 0.3 is 0 Å². The number of benzene rings is 2. The summed E-state index contributed by atoms with van der Waals surface area (Å²) in [7, 11) is -3.80. The van der Waals surface area contributed by atoms with Crippen LogP contribution in [0.15, 0.2) is 53.7 Å². The number of hydrogen-bond acceptors (Lipinski definition) is 6. The quantitative estimate of drug-likeness (QED) is 0.675. The number of amides is 1. The number of carbonyl (C=O) groups excluding carboxylic acids is 1. The van der Waals surface area contributed by atoms with E-state index in [1.165, 1.54) is 23.1 Å². The molecule has 3 aromatic rings. The second-order valence-electron chi connectivity index (χ2n) is 6.07. The van der Waals surface area contributed by atoms with E-state index in [-0.39, 0.29) is 10.8 Å². The summed E-state index contributed by atoms with van der Waals surface area (Å²) in [5.41, 5.74) is 2.71. The van der Waals surface area contributed by atoms with Crippen LogP contribution in [0.4, 0.5) is 0 Å². The Morgan fingerprint density at radius 1 is 1.22 bits per heavy atom. The van der Waals surface area contributed by atoms with Gasteiger partial charge in [0.1, 0.15) is 6.33 Å². The van der Waals surface area contributed by atoms with Crippen molar-refractivity contribution in [3.05, 3.63) is 65.5 Å². The van der Waals surface area contributed by atoms with Crippen molar-refractivity contribution in [1.82, 2.24) is 25.5 Å². The van der Waals surface area contributed by atoms with Gasteiger partial charge < -0.3 is 5.32 Å². The highest BCUT2D eigenvalue weighted by atomic mass is 32.2. The minimum atomic E-state index is -3.80. The second-order valence-corrected chi connectivity index (χ2v) is 7.63. The van der Waals surface area contributed by atoms with Gasteiger partial charge in [-0.2, -0.15) is 0 Å². The van der Waals surface area contributed by atoms with Crippen LogP contribution in [0.2, 0.25) is 0 Å². The van der Waals surface area contributed by atoms with Crippen LogP contribution in [-0.4, -0.2) is 34.5 Å². The zero-order valence-electron chi connectivity index (χ0n) is 14.7. The predicted molar refractivity (Wildman–Crippen MR) is 97.6 cm³/mol. The molecule has 3 N–H and O–H groups in total. The first-order valence-corrected chi connectivity index (χ1v) is 9.58. The predicted octanol–water partition coefficient (Wildman–Crippen LogP) is 1.11. The zero-order valence-corrected chi connectivity index (χ0v) is 15.5. The number of hydrogen-bond donors (Lipinski definition) is 2. The van der Waals surface area contributed by atoms with Crippen molar-refractivity contribution < 1.29 is 13.2 Å². The van der Waals surface area contributed by atoms with Gasteiger partial charge in [0.25, 0.3) is 5.91 Å². The van der Waals surface area contributed by atoms with E-state index in [1.54, 1.807) is 37.3 Å². The maximum Gasteiger partial charge on any atom is 0.251 e. The van der Waals surface area contributed by atoms with E-state index in [1.807, 2.05) is 6.92 Å². The molecular formula is C17H18N6O3S. The van der Waals surface area contributed by atoms with E-state index in [9.17, 15) is 13.2 Å². The van der Waals surface area contributed by atoms with Crippen molar-refractivity contribution in [1.29, 1.82) is 0 Å². The summed E-state index contributed by atoms with van der Waals surface area (Å²) >= 11 is 0. The summed E-state index contributed by atoms with van der Waals surface area (Å²) < 4.78 is 24.5. The number of aromatic nitrogens is 4. The average molecular weight is 386 g/mol. The summed E-state index contributed by atoms with van der Waals surface area (Å²) in [5.74, 6) is -0.283. The van der Waals surface area contributed by atoms with E-state index < -0.39 is 16.1 Å². The van der Waals surface area contributed by atoms with Gasteiger partial charge in [0.15, 0.2) is 0 Å². The largest absolute Gasteiger partial charge is 0.346 e. The fraction of sp³-hybridized carbons (Fsp3) is 0.176. The molecule has 9 nitrogen and oxygen atoms in total. The van der Waals surface area contributed by atoms with Crippen LogP contribution in [0.5, 0.6) is 0 Å². The number of carbonyl (C=O) groups is 1. The first-order chi connectivity index (χ1) is 12.8. The molecule has 0 saturated carbocycles. The van der Waals surface area contributed by atoms with Gasteiger partial charge in [-0.3, -0.25) is 4.79 Å². The fourth-order valence-electron chi connectivity index (χ4n) is 2.65. The maximum absolute atomic E-state index is 12.6. The standard InChI is InChI=1S/C17H18N6O3S/c1-11-8-14(6-7-16(11)23-10-19-21-22-23)17(24)20-12(2)13-4-3-5-15(9-13)27(18,25)26/h3-10,12H,1-2H3,(H,20,24)(H2,18,25,26). The number of tetrazole rings is 1. The van der Waals surface area contributed by atoms with Crippen LogP contribution in [-0.2, 0) is 10.0 Å². The molecule has 0 aliphatic rings. The highest BCUT2D eigenvalue weighted by Gasteiger charge is 2.15. The number of primary sulfonamides is 1. The molecule has 0 spiro atoms. The first kappa shape index (κ1) is 18.7. The lowest BCUT2D eigenvalue weighted by atomic mass is 10.1. The number of nitrogens with two attached hydrogens (primary N) is 1. The highest BCUT2D eigenvalue weighted by Crippen LogP contribution is 2.19. The molecule has 140 valence electrons. The lowest BCUT2D eigenvalue weighted by Gasteiger charge is -2.16. The molecule has 1 heterocycles. The van der Waals surface area contributed by atoms with E-state index in [2.05, 4.69) is 20.8 Å². The van der Waals surface area contributed by atoms with Crippen molar-refractivity contribution in [3.63, 3.8) is 0 Å². The Labute approximate surface area is 156 Å². The molecule has 0 bridgehead atoms. The molecule has 0 aliphatic carbocycles. The number of sulfonamides is 1. The fourth-order valence-corrected chi connectivity index (χ4v) is 3.22. The summed E-state index contributed by atoms with van der Waals surface area (Å²) in [6.45, 7) is 3.62. The maximum atomic E-state index is 12.6. The van der Waals surface area contributed by atoms with Gasteiger partial charge in [-0.25, -0.2) is 18.2 Å². The van der Waals surface area contributed by atoms with Crippen molar-refractivity contribution in [2.45, 2.75) is 24.8 Å². The lowest BCUT2D eigenvalue weighted by molar-refractivity contribution is 0.0939.